The van der Waals surface area contributed by atoms with Crippen LogP contribution in [0.25, 0.3) is 0 Å². The Labute approximate surface area is 164 Å². The largest absolute Gasteiger partial charge is 0.483 e. The number of pyridine rings is 1. The number of ether oxygens (including phenoxy) is 1. The molecular weight excluding hydrogens is 358 g/mol. The molecule has 7 nitrogen and oxygen atoms in total. The van der Waals surface area contributed by atoms with E-state index in [1.165, 1.54) is 0 Å². The summed E-state index contributed by atoms with van der Waals surface area (Å²) in [5, 5.41) is 13.2. The molecule has 1 saturated heterocycles. The van der Waals surface area contributed by atoms with E-state index in [9.17, 15) is 14.7 Å². The number of hydrogen-bond donors (Lipinski definition) is 2. The molecule has 1 aliphatic rings. The third kappa shape index (κ3) is 4.67. The molecular formula is C21H25N3O4. The summed E-state index contributed by atoms with van der Waals surface area (Å²) in [7, 11) is 0. The van der Waals surface area contributed by atoms with E-state index < -0.39 is 12.1 Å². The van der Waals surface area contributed by atoms with Gasteiger partial charge in [-0.25, -0.2) is 0 Å². The first kappa shape index (κ1) is 19.8. The van der Waals surface area contributed by atoms with Gasteiger partial charge in [-0.3, -0.25) is 14.6 Å². The van der Waals surface area contributed by atoms with E-state index in [1.807, 2.05) is 32.0 Å². The number of β-amino-alcohol motifs (C(OH)–C–C–N with tert-alkyl or cyclic N) is 1. The zero-order chi connectivity index (χ0) is 20.1. The predicted octanol–water partition coefficient (Wildman–Crippen LogP) is 1.47. The number of carbonyl (C=O) groups excluding carboxylic acids is 2. The van der Waals surface area contributed by atoms with Gasteiger partial charge in [-0.1, -0.05) is 18.2 Å². The number of aliphatic hydroxyl groups excluding tert-OH is 1. The normalized spacial score (nSPS) is 19.2. The van der Waals surface area contributed by atoms with Gasteiger partial charge in [-0.05, 0) is 49.6 Å². The average Bonchev–Trinajstić information content (AvgIpc) is 2.71. The van der Waals surface area contributed by atoms with Crippen molar-refractivity contribution in [2.75, 3.05) is 19.7 Å². The highest BCUT2D eigenvalue weighted by Gasteiger charge is 2.31. The topological polar surface area (TPSA) is 91.8 Å². The number of likely N-dealkylation sites (tertiary alicyclic amines) is 1. The van der Waals surface area contributed by atoms with E-state index in [-0.39, 0.29) is 25.0 Å². The molecule has 0 aliphatic carbocycles. The summed E-state index contributed by atoms with van der Waals surface area (Å²) < 4.78 is 5.67. The molecule has 1 fully saturated rings. The van der Waals surface area contributed by atoms with Crippen molar-refractivity contribution in [3.05, 3.63) is 59.4 Å². The number of nitrogens with one attached hydrogen (secondary N) is 1. The lowest BCUT2D eigenvalue weighted by Crippen LogP contribution is -2.56. The molecule has 0 radical (unpaired) electrons. The molecule has 0 spiro atoms. The van der Waals surface area contributed by atoms with Crippen molar-refractivity contribution in [2.45, 2.75) is 32.4 Å². The molecule has 2 amide bonds. The first-order valence-electron chi connectivity index (χ1n) is 9.32. The van der Waals surface area contributed by atoms with Crippen LogP contribution in [0.1, 0.15) is 28.0 Å². The summed E-state index contributed by atoms with van der Waals surface area (Å²) in [5.74, 6) is 0.170. The molecule has 0 saturated carbocycles. The molecule has 3 rings (SSSR count). The first-order chi connectivity index (χ1) is 13.5. The Morgan fingerprint density at radius 2 is 2.07 bits per heavy atom. The third-order valence-corrected chi connectivity index (χ3v) is 5.05. The van der Waals surface area contributed by atoms with Crippen molar-refractivity contribution in [3.8, 4) is 5.75 Å². The Morgan fingerprint density at radius 3 is 2.79 bits per heavy atom. The molecule has 0 unspecified atom stereocenters. The van der Waals surface area contributed by atoms with Crippen LogP contribution < -0.4 is 10.1 Å². The summed E-state index contributed by atoms with van der Waals surface area (Å²) >= 11 is 0. The van der Waals surface area contributed by atoms with E-state index in [0.29, 0.717) is 24.4 Å². The number of amides is 2. The standard InChI is InChI=1S/C21H25N3O4/c1-14-6-5-8-19(15(14)2)28-13-20(26)24-11-9-16(18(25)12-24)23-21(27)17-7-3-4-10-22-17/h3-8,10,16,18,25H,9,11-13H2,1-2H3,(H,23,27)/t16-,18-/m1/s1. The number of hydrogen-bond acceptors (Lipinski definition) is 5. The highest BCUT2D eigenvalue weighted by Crippen LogP contribution is 2.21. The molecule has 1 aromatic carbocycles. The van der Waals surface area contributed by atoms with Gasteiger partial charge < -0.3 is 20.1 Å². The van der Waals surface area contributed by atoms with Gasteiger partial charge in [-0.2, -0.15) is 0 Å². The second-order valence-corrected chi connectivity index (χ2v) is 6.98. The minimum atomic E-state index is -0.842. The molecule has 2 atom stereocenters. The Balaban J connectivity index is 1.51. The lowest BCUT2D eigenvalue weighted by molar-refractivity contribution is -0.136. The van der Waals surface area contributed by atoms with Crippen LogP contribution in [0.15, 0.2) is 42.6 Å². The SMILES string of the molecule is Cc1cccc(OCC(=O)N2CC[C@@H](NC(=O)c3ccccn3)[C@H](O)C2)c1C. The number of aryl methyl sites for hydroxylation is 1. The van der Waals surface area contributed by atoms with Crippen LogP contribution in [-0.4, -0.2) is 58.6 Å². The van der Waals surface area contributed by atoms with E-state index in [0.717, 1.165) is 11.1 Å². The minimum Gasteiger partial charge on any atom is -0.483 e. The first-order valence-corrected chi connectivity index (χ1v) is 9.32. The fraction of sp³-hybridized carbons (Fsp3) is 0.381. The Morgan fingerprint density at radius 1 is 1.25 bits per heavy atom. The van der Waals surface area contributed by atoms with E-state index in [1.54, 1.807) is 29.3 Å². The highest BCUT2D eigenvalue weighted by atomic mass is 16.5. The number of rotatable bonds is 5. The second kappa shape index (κ2) is 8.84. The van der Waals surface area contributed by atoms with Gasteiger partial charge in [0.15, 0.2) is 6.61 Å². The molecule has 28 heavy (non-hydrogen) atoms. The predicted molar refractivity (Wildman–Crippen MR) is 104 cm³/mol. The van der Waals surface area contributed by atoms with Crippen LogP contribution in [0.3, 0.4) is 0 Å². The van der Waals surface area contributed by atoms with Crippen molar-refractivity contribution in [3.63, 3.8) is 0 Å². The van der Waals surface area contributed by atoms with Crippen molar-refractivity contribution in [1.29, 1.82) is 0 Å². The van der Waals surface area contributed by atoms with E-state index in [2.05, 4.69) is 10.3 Å². The summed E-state index contributed by atoms with van der Waals surface area (Å²) in [6.07, 6.45) is 1.17. The molecule has 2 heterocycles. The zero-order valence-electron chi connectivity index (χ0n) is 16.1. The lowest BCUT2D eigenvalue weighted by atomic mass is 10.0. The van der Waals surface area contributed by atoms with Crippen molar-refractivity contribution in [1.82, 2.24) is 15.2 Å². The quantitative estimate of drug-likeness (QED) is 0.816. The lowest BCUT2D eigenvalue weighted by Gasteiger charge is -2.36. The maximum Gasteiger partial charge on any atom is 0.270 e. The molecule has 1 aromatic heterocycles. The van der Waals surface area contributed by atoms with E-state index in [4.69, 9.17) is 4.74 Å². The van der Waals surface area contributed by atoms with Crippen LogP contribution in [0.4, 0.5) is 0 Å². The van der Waals surface area contributed by atoms with Crippen LogP contribution in [0, 0.1) is 13.8 Å². The Kier molecular flexibility index (Phi) is 6.26. The van der Waals surface area contributed by atoms with Crippen molar-refractivity contribution < 1.29 is 19.4 Å². The van der Waals surface area contributed by atoms with Crippen LogP contribution in [0.5, 0.6) is 5.75 Å². The summed E-state index contributed by atoms with van der Waals surface area (Å²) in [5.41, 5.74) is 2.41. The fourth-order valence-corrected chi connectivity index (χ4v) is 3.18. The fourth-order valence-electron chi connectivity index (χ4n) is 3.18. The van der Waals surface area contributed by atoms with Gasteiger partial charge in [-0.15, -0.1) is 0 Å². The maximum atomic E-state index is 12.5. The van der Waals surface area contributed by atoms with Crippen LogP contribution in [0.2, 0.25) is 0 Å². The number of benzene rings is 1. The van der Waals surface area contributed by atoms with E-state index >= 15 is 0 Å². The molecule has 1 aliphatic heterocycles. The number of aliphatic hydroxyl groups is 1. The van der Waals surface area contributed by atoms with Gasteiger partial charge in [0.05, 0.1) is 12.1 Å². The maximum absolute atomic E-state index is 12.5. The Hall–Kier alpha value is -2.93. The summed E-state index contributed by atoms with van der Waals surface area (Å²) in [6.45, 7) is 4.46. The average molecular weight is 383 g/mol. The number of carbonyl (C=O) groups is 2. The van der Waals surface area contributed by atoms with Crippen LogP contribution in [-0.2, 0) is 4.79 Å². The molecule has 148 valence electrons. The van der Waals surface area contributed by atoms with Crippen molar-refractivity contribution >= 4 is 11.8 Å². The van der Waals surface area contributed by atoms with Crippen molar-refractivity contribution in [2.24, 2.45) is 0 Å². The molecule has 7 heteroatoms. The molecule has 2 aromatic rings. The van der Waals surface area contributed by atoms with Gasteiger partial charge in [0.2, 0.25) is 0 Å². The van der Waals surface area contributed by atoms with Gasteiger partial charge in [0.1, 0.15) is 11.4 Å². The second-order valence-electron chi connectivity index (χ2n) is 6.98. The third-order valence-electron chi connectivity index (χ3n) is 5.05. The summed E-state index contributed by atoms with van der Waals surface area (Å²) in [6, 6.07) is 10.4. The minimum absolute atomic E-state index is 0.0814. The van der Waals surface area contributed by atoms with Crippen LogP contribution >= 0.6 is 0 Å². The monoisotopic (exact) mass is 383 g/mol. The smallest absolute Gasteiger partial charge is 0.270 e. The molecule has 2 N–H and O–H groups in total. The Bertz CT molecular complexity index is 841. The highest BCUT2D eigenvalue weighted by molar-refractivity contribution is 5.92. The number of aromatic nitrogens is 1. The number of nitrogens with zero attached hydrogens (tertiary/aromatic N) is 2. The van der Waals surface area contributed by atoms with Gasteiger partial charge in [0, 0.05) is 19.3 Å². The van der Waals surface area contributed by atoms with Gasteiger partial charge >= 0.3 is 0 Å². The van der Waals surface area contributed by atoms with Gasteiger partial charge in [0.25, 0.3) is 11.8 Å². The number of piperidine rings is 1. The zero-order valence-corrected chi connectivity index (χ0v) is 16.1. The summed E-state index contributed by atoms with van der Waals surface area (Å²) in [4.78, 5) is 30.2. The molecule has 0 bridgehead atoms.